The van der Waals surface area contributed by atoms with E-state index in [4.69, 9.17) is 4.74 Å². The lowest BCUT2D eigenvalue weighted by atomic mass is 9.92. The number of hydrogen-bond donors (Lipinski definition) is 1. The number of nitrogens with one attached hydrogen (secondary N) is 1. The molecule has 4 rings (SSSR count). The molecule has 3 amide bonds. The van der Waals surface area contributed by atoms with Crippen LogP contribution in [-0.2, 0) is 22.3 Å². The van der Waals surface area contributed by atoms with Gasteiger partial charge in [-0.15, -0.1) is 11.8 Å². The zero-order valence-electron chi connectivity index (χ0n) is 24.4. The van der Waals surface area contributed by atoms with Gasteiger partial charge in [0.15, 0.2) is 0 Å². The van der Waals surface area contributed by atoms with E-state index in [1.165, 1.54) is 11.0 Å². The minimum Gasteiger partial charge on any atom is -0.445 e. The molecular formula is C31H38F3N3O4S. The molecule has 228 valence electrons. The van der Waals surface area contributed by atoms with Gasteiger partial charge < -0.3 is 19.9 Å². The first-order valence-corrected chi connectivity index (χ1v) is 15.1. The van der Waals surface area contributed by atoms with Crippen LogP contribution in [0.1, 0.15) is 81.3 Å². The molecule has 0 radical (unpaired) electrons. The minimum absolute atomic E-state index is 0.00401. The number of fused-ring (bicyclic) bond motifs is 1. The lowest BCUT2D eigenvalue weighted by Gasteiger charge is -2.40. The molecule has 1 saturated carbocycles. The molecule has 0 atom stereocenters. The second-order valence-electron chi connectivity index (χ2n) is 11.5. The number of thioether (sulfide) groups is 1. The maximum absolute atomic E-state index is 14.4. The molecule has 0 unspecified atom stereocenters. The maximum atomic E-state index is 14.4. The van der Waals surface area contributed by atoms with Crippen molar-refractivity contribution in [2.45, 2.75) is 94.3 Å². The number of alkyl carbamates (subject to hydrolysis) is 1. The van der Waals surface area contributed by atoms with Crippen LogP contribution in [0.3, 0.4) is 0 Å². The summed E-state index contributed by atoms with van der Waals surface area (Å²) in [5, 5.41) is 2.61. The van der Waals surface area contributed by atoms with Crippen molar-refractivity contribution in [1.29, 1.82) is 0 Å². The van der Waals surface area contributed by atoms with E-state index >= 15 is 0 Å². The number of nitrogens with zero attached hydrogens (tertiary/aromatic N) is 2. The average Bonchev–Trinajstić information content (AvgIpc) is 2.93. The number of alkyl halides is 3. The number of amides is 3. The number of benzene rings is 2. The van der Waals surface area contributed by atoms with Gasteiger partial charge in [0.05, 0.1) is 21.6 Å². The van der Waals surface area contributed by atoms with Crippen molar-refractivity contribution in [2.24, 2.45) is 0 Å². The second kappa shape index (κ2) is 13.0. The Morgan fingerprint density at radius 2 is 1.79 bits per heavy atom. The SMILES string of the molecule is CC(C)N(C(=O)c1cc2c(cc1C(F)(F)F)SC(C)(C)C(=O)N2CCNC(=O)OCc1ccccc1)C1CCCCC1. The van der Waals surface area contributed by atoms with Gasteiger partial charge in [-0.2, -0.15) is 13.2 Å². The summed E-state index contributed by atoms with van der Waals surface area (Å²) in [7, 11) is 0. The molecule has 0 aromatic heterocycles. The highest BCUT2D eigenvalue weighted by Gasteiger charge is 2.44. The van der Waals surface area contributed by atoms with Crippen molar-refractivity contribution in [1.82, 2.24) is 10.2 Å². The first-order valence-electron chi connectivity index (χ1n) is 14.3. The van der Waals surface area contributed by atoms with Crippen molar-refractivity contribution >= 4 is 35.4 Å². The number of rotatable bonds is 8. The molecule has 0 bridgehead atoms. The quantitative estimate of drug-likeness (QED) is 0.350. The Labute approximate surface area is 249 Å². The van der Waals surface area contributed by atoms with Crippen LogP contribution in [0.5, 0.6) is 0 Å². The maximum Gasteiger partial charge on any atom is 0.417 e. The molecule has 0 saturated heterocycles. The zero-order valence-corrected chi connectivity index (χ0v) is 25.2. The van der Waals surface area contributed by atoms with Crippen LogP contribution in [0.15, 0.2) is 47.4 Å². The standard InChI is InChI=1S/C31H38F3N3O4S/c1-20(2)37(22-13-9-6-10-14-22)27(38)23-17-25-26(18-24(23)31(32,33)34)42-30(3,4)28(39)36(25)16-15-35-29(40)41-19-21-11-7-5-8-12-21/h5,7-8,11-12,17-18,20,22H,6,9-10,13-16,19H2,1-4H3,(H,35,40). The third kappa shape index (κ3) is 7.22. The summed E-state index contributed by atoms with van der Waals surface area (Å²) in [4.78, 5) is 42.9. The van der Waals surface area contributed by atoms with Gasteiger partial charge in [0.25, 0.3) is 5.91 Å². The molecule has 2 aromatic rings. The smallest absolute Gasteiger partial charge is 0.417 e. The first kappa shape index (κ1) is 31.7. The zero-order chi connectivity index (χ0) is 30.7. The Balaban J connectivity index is 1.62. The Kier molecular flexibility index (Phi) is 9.80. The summed E-state index contributed by atoms with van der Waals surface area (Å²) in [5.74, 6) is -1.01. The summed E-state index contributed by atoms with van der Waals surface area (Å²) < 4.78 is 47.4. The van der Waals surface area contributed by atoms with Crippen molar-refractivity contribution < 1.29 is 32.3 Å². The van der Waals surface area contributed by atoms with E-state index < -0.39 is 34.1 Å². The average molecular weight is 606 g/mol. The Morgan fingerprint density at radius 3 is 2.40 bits per heavy atom. The van der Waals surface area contributed by atoms with Gasteiger partial charge in [-0.3, -0.25) is 9.59 Å². The third-order valence-corrected chi connectivity index (χ3v) is 8.86. The minimum atomic E-state index is -4.77. The molecule has 7 nitrogen and oxygen atoms in total. The monoisotopic (exact) mass is 605 g/mol. The molecule has 2 aromatic carbocycles. The molecule has 1 aliphatic carbocycles. The number of halogens is 3. The molecule has 11 heteroatoms. The van der Waals surface area contributed by atoms with Gasteiger partial charge in [0, 0.05) is 30.1 Å². The fourth-order valence-electron chi connectivity index (χ4n) is 5.61. The van der Waals surface area contributed by atoms with Crippen molar-refractivity contribution in [2.75, 3.05) is 18.0 Å². The van der Waals surface area contributed by atoms with Crippen LogP contribution in [0, 0.1) is 0 Å². The number of carbonyl (C=O) groups excluding carboxylic acids is 3. The van der Waals surface area contributed by atoms with E-state index in [2.05, 4.69) is 5.32 Å². The van der Waals surface area contributed by atoms with E-state index in [0.717, 1.165) is 55.5 Å². The van der Waals surface area contributed by atoms with Gasteiger partial charge in [0.2, 0.25) is 5.91 Å². The Morgan fingerprint density at radius 1 is 1.12 bits per heavy atom. The van der Waals surface area contributed by atoms with Gasteiger partial charge >= 0.3 is 12.3 Å². The fourth-order valence-corrected chi connectivity index (χ4v) is 6.81. The number of hydrogen-bond acceptors (Lipinski definition) is 5. The highest BCUT2D eigenvalue weighted by Crippen LogP contribution is 2.48. The lowest BCUT2D eigenvalue weighted by Crippen LogP contribution is -2.49. The van der Waals surface area contributed by atoms with Crippen molar-refractivity contribution in [3.63, 3.8) is 0 Å². The van der Waals surface area contributed by atoms with Crippen LogP contribution in [0.4, 0.5) is 23.7 Å². The molecule has 1 heterocycles. The van der Waals surface area contributed by atoms with Crippen LogP contribution >= 0.6 is 11.8 Å². The Bertz CT molecular complexity index is 1290. The summed E-state index contributed by atoms with van der Waals surface area (Å²) >= 11 is 1.04. The molecular weight excluding hydrogens is 567 g/mol. The number of carbonyl (C=O) groups is 3. The van der Waals surface area contributed by atoms with Crippen LogP contribution in [0.25, 0.3) is 0 Å². The Hall–Kier alpha value is -3.21. The van der Waals surface area contributed by atoms with Gasteiger partial charge in [-0.1, -0.05) is 49.6 Å². The van der Waals surface area contributed by atoms with Crippen LogP contribution < -0.4 is 10.2 Å². The number of anilines is 1. The molecule has 0 spiro atoms. The molecule has 1 aliphatic heterocycles. The van der Waals surface area contributed by atoms with Crippen molar-refractivity contribution in [3.05, 3.63) is 59.2 Å². The van der Waals surface area contributed by atoms with E-state index in [0.29, 0.717) is 0 Å². The predicted octanol–water partition coefficient (Wildman–Crippen LogP) is 7.03. The summed E-state index contributed by atoms with van der Waals surface area (Å²) in [6, 6.07) is 10.9. The molecule has 1 fully saturated rings. The molecule has 42 heavy (non-hydrogen) atoms. The third-order valence-electron chi connectivity index (χ3n) is 7.63. The van der Waals surface area contributed by atoms with E-state index in [-0.39, 0.29) is 48.3 Å². The van der Waals surface area contributed by atoms with Crippen molar-refractivity contribution in [3.8, 4) is 0 Å². The topological polar surface area (TPSA) is 79.0 Å². The predicted molar refractivity (Wildman–Crippen MR) is 157 cm³/mol. The molecule has 2 aliphatic rings. The highest BCUT2D eigenvalue weighted by molar-refractivity contribution is 8.01. The first-order chi connectivity index (χ1) is 19.8. The van der Waals surface area contributed by atoms with Gasteiger partial charge in [0.1, 0.15) is 6.61 Å². The van der Waals surface area contributed by atoms with E-state index in [1.54, 1.807) is 18.7 Å². The van der Waals surface area contributed by atoms with E-state index in [9.17, 15) is 27.6 Å². The summed E-state index contributed by atoms with van der Waals surface area (Å²) in [6.07, 6.45) is -1.07. The lowest BCUT2D eigenvalue weighted by molar-refractivity contribution is -0.138. The second-order valence-corrected chi connectivity index (χ2v) is 13.2. The van der Waals surface area contributed by atoms with Crippen LogP contribution in [0.2, 0.25) is 0 Å². The van der Waals surface area contributed by atoms with Gasteiger partial charge in [-0.25, -0.2) is 4.79 Å². The van der Waals surface area contributed by atoms with E-state index in [1.807, 2.05) is 44.2 Å². The fraction of sp³-hybridized carbons (Fsp3) is 0.516. The summed E-state index contributed by atoms with van der Waals surface area (Å²) in [6.45, 7) is 6.99. The largest absolute Gasteiger partial charge is 0.445 e. The molecule has 1 N–H and O–H groups in total. The van der Waals surface area contributed by atoms with Crippen LogP contribution in [-0.4, -0.2) is 52.7 Å². The normalized spacial score (nSPS) is 17.1. The summed E-state index contributed by atoms with van der Waals surface area (Å²) in [5.41, 5.74) is -0.429. The van der Waals surface area contributed by atoms with Gasteiger partial charge in [-0.05, 0) is 58.2 Å². The number of ether oxygens (including phenoxy) is 1. The highest BCUT2D eigenvalue weighted by atomic mass is 32.2.